The van der Waals surface area contributed by atoms with Gasteiger partial charge in [0.15, 0.2) is 11.6 Å². The zero-order valence-electron chi connectivity index (χ0n) is 15.9. The van der Waals surface area contributed by atoms with Crippen molar-refractivity contribution >= 4 is 16.7 Å². The van der Waals surface area contributed by atoms with E-state index in [9.17, 15) is 4.39 Å². The molecular weight excluding hydrogens is 359 g/mol. The van der Waals surface area contributed by atoms with E-state index in [1.165, 1.54) is 12.4 Å². The maximum atomic E-state index is 14.4. The Bertz CT molecular complexity index is 1050. The number of aromatic amines is 1. The van der Waals surface area contributed by atoms with E-state index in [1.54, 1.807) is 6.07 Å². The van der Waals surface area contributed by atoms with Gasteiger partial charge < -0.3 is 15.4 Å². The number of H-pyrrole nitrogens is 1. The lowest BCUT2D eigenvalue weighted by Gasteiger charge is -2.22. The van der Waals surface area contributed by atoms with Crippen molar-refractivity contribution in [2.75, 3.05) is 11.4 Å². The van der Waals surface area contributed by atoms with Crippen LogP contribution in [0.5, 0.6) is 5.75 Å². The molecule has 7 nitrogen and oxygen atoms in total. The van der Waals surface area contributed by atoms with Crippen molar-refractivity contribution in [3.63, 3.8) is 0 Å². The van der Waals surface area contributed by atoms with E-state index in [-0.39, 0.29) is 23.2 Å². The number of rotatable bonds is 4. The Balaban J connectivity index is 1.54. The number of hydrogen-bond donors (Lipinski definition) is 2. The molecule has 0 radical (unpaired) electrons. The smallest absolute Gasteiger partial charge is 0.167 e. The fourth-order valence-corrected chi connectivity index (χ4v) is 3.86. The predicted molar refractivity (Wildman–Crippen MR) is 105 cm³/mol. The van der Waals surface area contributed by atoms with Crippen molar-refractivity contribution in [2.45, 2.75) is 50.8 Å². The van der Waals surface area contributed by atoms with Gasteiger partial charge in [0, 0.05) is 36.1 Å². The maximum Gasteiger partial charge on any atom is 0.167 e. The summed E-state index contributed by atoms with van der Waals surface area (Å²) in [5, 5.41) is 8.05. The third-order valence-corrected chi connectivity index (χ3v) is 5.72. The lowest BCUT2D eigenvalue weighted by atomic mass is 10.1. The van der Waals surface area contributed by atoms with Crippen molar-refractivity contribution in [1.82, 2.24) is 20.2 Å². The number of nitrogens with one attached hydrogen (secondary N) is 1. The number of nitrogens with zero attached hydrogens (tertiary/aromatic N) is 4. The molecule has 0 amide bonds. The SMILES string of the molecule is C[C@H]1C[C@@H](N)CN1c1cc(-c2n[nH]c3cc(F)c(OC4(C)CC4)cc23)ncn1. The van der Waals surface area contributed by atoms with Crippen LogP contribution in [0.1, 0.15) is 33.1 Å². The minimum absolute atomic E-state index is 0.145. The Labute approximate surface area is 162 Å². The van der Waals surface area contributed by atoms with Crippen molar-refractivity contribution in [3.8, 4) is 17.1 Å². The standard InChI is InChI=1S/C20H23FN6O/c1-11-5-12(22)9-27(11)18-8-16(23-10-24-18)19-13-6-17(28-20(2)3-4-20)14(21)7-15(13)25-26-19/h6-8,10-12H,3-5,9,22H2,1-2H3,(H,25,26)/t11-,12+/m0/s1. The van der Waals surface area contributed by atoms with Gasteiger partial charge in [-0.2, -0.15) is 5.10 Å². The molecule has 3 heterocycles. The lowest BCUT2D eigenvalue weighted by molar-refractivity contribution is 0.191. The van der Waals surface area contributed by atoms with E-state index in [0.29, 0.717) is 22.9 Å². The van der Waals surface area contributed by atoms with Crippen LogP contribution in [0.4, 0.5) is 10.2 Å². The Kier molecular flexibility index (Phi) is 3.80. The highest BCUT2D eigenvalue weighted by Crippen LogP contribution is 2.41. The van der Waals surface area contributed by atoms with Gasteiger partial charge in [-0.25, -0.2) is 14.4 Å². The van der Waals surface area contributed by atoms with E-state index < -0.39 is 0 Å². The molecule has 0 spiro atoms. The highest BCUT2D eigenvalue weighted by Gasteiger charge is 2.40. The second-order valence-electron chi connectivity index (χ2n) is 8.21. The summed E-state index contributed by atoms with van der Waals surface area (Å²) in [6, 6.07) is 5.52. The normalized spacial score (nSPS) is 23.4. The zero-order valence-corrected chi connectivity index (χ0v) is 15.9. The number of halogens is 1. The summed E-state index contributed by atoms with van der Waals surface area (Å²) in [6.45, 7) is 4.90. The van der Waals surface area contributed by atoms with Gasteiger partial charge in [0.1, 0.15) is 23.4 Å². The molecule has 3 aromatic rings. The summed E-state index contributed by atoms with van der Waals surface area (Å²) in [5.41, 5.74) is 7.78. The van der Waals surface area contributed by atoms with Crippen LogP contribution in [0, 0.1) is 5.82 Å². The van der Waals surface area contributed by atoms with Gasteiger partial charge in [0.05, 0.1) is 11.2 Å². The summed E-state index contributed by atoms with van der Waals surface area (Å²) in [4.78, 5) is 11.0. The number of nitrogens with two attached hydrogens (primary N) is 1. The molecular formula is C20H23FN6O. The van der Waals surface area contributed by atoms with E-state index >= 15 is 0 Å². The van der Waals surface area contributed by atoms with E-state index in [2.05, 4.69) is 32.0 Å². The summed E-state index contributed by atoms with van der Waals surface area (Å²) in [7, 11) is 0. The van der Waals surface area contributed by atoms with Crippen LogP contribution in [0.15, 0.2) is 24.5 Å². The fourth-order valence-electron chi connectivity index (χ4n) is 3.86. The van der Waals surface area contributed by atoms with Gasteiger partial charge in [-0.3, -0.25) is 5.10 Å². The summed E-state index contributed by atoms with van der Waals surface area (Å²) >= 11 is 0. The molecule has 146 valence electrons. The Morgan fingerprint density at radius 3 is 2.82 bits per heavy atom. The first kappa shape index (κ1) is 17.4. The molecule has 3 N–H and O–H groups in total. The number of anilines is 1. The zero-order chi connectivity index (χ0) is 19.5. The van der Waals surface area contributed by atoms with Gasteiger partial charge in [-0.15, -0.1) is 0 Å². The molecule has 2 aromatic heterocycles. The minimum Gasteiger partial charge on any atom is -0.484 e. The molecule has 28 heavy (non-hydrogen) atoms. The molecule has 0 unspecified atom stereocenters. The van der Waals surface area contributed by atoms with E-state index in [0.717, 1.165) is 37.0 Å². The number of fused-ring (bicyclic) bond motifs is 1. The molecule has 5 rings (SSSR count). The van der Waals surface area contributed by atoms with E-state index in [4.69, 9.17) is 10.5 Å². The lowest BCUT2D eigenvalue weighted by Crippen LogP contribution is -2.29. The minimum atomic E-state index is -0.390. The second kappa shape index (κ2) is 6.13. The number of hydrogen-bond acceptors (Lipinski definition) is 6. The quantitative estimate of drug-likeness (QED) is 0.721. The highest BCUT2D eigenvalue weighted by molar-refractivity contribution is 5.93. The summed E-state index contributed by atoms with van der Waals surface area (Å²) < 4.78 is 20.3. The average Bonchev–Trinajstić information content (AvgIpc) is 3.08. The third-order valence-electron chi connectivity index (χ3n) is 5.72. The molecule has 0 bridgehead atoms. The molecule has 1 aromatic carbocycles. The van der Waals surface area contributed by atoms with Crippen molar-refractivity contribution < 1.29 is 9.13 Å². The maximum absolute atomic E-state index is 14.4. The molecule has 1 aliphatic heterocycles. The van der Waals surface area contributed by atoms with Crippen LogP contribution in [-0.4, -0.2) is 44.4 Å². The van der Waals surface area contributed by atoms with Crippen molar-refractivity contribution in [3.05, 3.63) is 30.3 Å². The van der Waals surface area contributed by atoms with Crippen LogP contribution in [0.3, 0.4) is 0 Å². The van der Waals surface area contributed by atoms with Crippen LogP contribution < -0.4 is 15.4 Å². The molecule has 2 atom stereocenters. The van der Waals surface area contributed by atoms with Crippen LogP contribution >= 0.6 is 0 Å². The molecule has 2 aliphatic rings. The summed E-state index contributed by atoms with van der Waals surface area (Å²) in [5.74, 6) is 0.688. The van der Waals surface area contributed by atoms with E-state index in [1.807, 2.05) is 13.0 Å². The van der Waals surface area contributed by atoms with Crippen molar-refractivity contribution in [1.29, 1.82) is 0 Å². The number of benzene rings is 1. The highest BCUT2D eigenvalue weighted by atomic mass is 19.1. The van der Waals surface area contributed by atoms with Gasteiger partial charge >= 0.3 is 0 Å². The predicted octanol–water partition coefficient (Wildman–Crippen LogP) is 3.02. The number of aromatic nitrogens is 4. The molecule has 8 heteroatoms. The van der Waals surface area contributed by atoms with Crippen molar-refractivity contribution in [2.24, 2.45) is 5.73 Å². The first-order valence-electron chi connectivity index (χ1n) is 9.63. The van der Waals surface area contributed by atoms with Crippen LogP contribution in [-0.2, 0) is 0 Å². The topological polar surface area (TPSA) is 93.0 Å². The van der Waals surface area contributed by atoms with Gasteiger partial charge in [0.25, 0.3) is 0 Å². The van der Waals surface area contributed by atoms with Gasteiger partial charge in [-0.05, 0) is 39.2 Å². The second-order valence-corrected chi connectivity index (χ2v) is 8.21. The molecule has 1 saturated heterocycles. The van der Waals surface area contributed by atoms with Crippen LogP contribution in [0.2, 0.25) is 0 Å². The van der Waals surface area contributed by atoms with Crippen LogP contribution in [0.25, 0.3) is 22.3 Å². The van der Waals surface area contributed by atoms with Gasteiger partial charge in [-0.1, -0.05) is 0 Å². The summed E-state index contributed by atoms with van der Waals surface area (Å²) in [6.07, 6.45) is 4.35. The molecule has 1 saturated carbocycles. The van der Waals surface area contributed by atoms with Gasteiger partial charge in [0.2, 0.25) is 0 Å². The third kappa shape index (κ3) is 2.97. The first-order chi connectivity index (χ1) is 13.4. The Morgan fingerprint density at radius 2 is 2.11 bits per heavy atom. The first-order valence-corrected chi connectivity index (χ1v) is 9.63. The molecule has 2 fully saturated rings. The monoisotopic (exact) mass is 382 g/mol. The fraction of sp³-hybridized carbons (Fsp3) is 0.450. The number of ether oxygens (including phenoxy) is 1. The Morgan fingerprint density at radius 1 is 1.29 bits per heavy atom. The molecule has 1 aliphatic carbocycles. The Hall–Kier alpha value is -2.74. The largest absolute Gasteiger partial charge is 0.484 e. The average molecular weight is 382 g/mol.